The summed E-state index contributed by atoms with van der Waals surface area (Å²) in [6, 6.07) is 11.3. The maximum atomic E-state index is 11.8. The third kappa shape index (κ3) is 1.96. The van der Waals surface area contributed by atoms with Gasteiger partial charge in [0.15, 0.2) is 0 Å². The van der Waals surface area contributed by atoms with Gasteiger partial charge in [0.25, 0.3) is 0 Å². The lowest BCUT2D eigenvalue weighted by molar-refractivity contribution is -0.133. The zero-order chi connectivity index (χ0) is 12.5. The molecule has 3 rings (SSSR count). The molecule has 0 saturated heterocycles. The number of benzene rings is 1. The maximum absolute atomic E-state index is 11.8. The highest BCUT2D eigenvalue weighted by atomic mass is 35.5. The molecule has 4 heteroatoms. The molecule has 1 aliphatic rings. The van der Waals surface area contributed by atoms with E-state index in [2.05, 4.69) is 0 Å². The average Bonchev–Trinajstić information content (AvgIpc) is 2.97. The number of hydrogen-bond donors (Lipinski definition) is 0. The fourth-order valence-electron chi connectivity index (χ4n) is 1.98. The zero-order valence-corrected chi connectivity index (χ0v) is 10.9. The van der Waals surface area contributed by atoms with Gasteiger partial charge in [0.05, 0.1) is 5.57 Å². The minimum Gasteiger partial charge on any atom is -0.457 e. The molecule has 0 fully saturated rings. The first kappa shape index (κ1) is 11.5. The molecule has 90 valence electrons. The van der Waals surface area contributed by atoms with Crippen molar-refractivity contribution in [3.63, 3.8) is 0 Å². The monoisotopic (exact) mass is 276 g/mol. The Labute approximate surface area is 113 Å². The average molecular weight is 277 g/mol. The fraction of sp³-hybridized carbons (Fsp3) is 0.0714. The lowest BCUT2D eigenvalue weighted by Crippen LogP contribution is -1.96. The maximum Gasteiger partial charge on any atom is 0.340 e. The van der Waals surface area contributed by atoms with Gasteiger partial charge in [0.2, 0.25) is 0 Å². The van der Waals surface area contributed by atoms with Crippen LogP contribution in [-0.2, 0) is 9.53 Å². The molecule has 0 bridgehead atoms. The van der Waals surface area contributed by atoms with Gasteiger partial charge in [-0.05, 0) is 29.1 Å². The van der Waals surface area contributed by atoms with E-state index in [1.807, 2.05) is 41.8 Å². The van der Waals surface area contributed by atoms with Crippen molar-refractivity contribution in [1.29, 1.82) is 0 Å². The van der Waals surface area contributed by atoms with Gasteiger partial charge in [-0.3, -0.25) is 0 Å². The second kappa shape index (κ2) is 4.59. The lowest BCUT2D eigenvalue weighted by atomic mass is 10.0. The number of halogens is 1. The minimum absolute atomic E-state index is 0.257. The van der Waals surface area contributed by atoms with Gasteiger partial charge >= 0.3 is 5.97 Å². The van der Waals surface area contributed by atoms with Crippen molar-refractivity contribution in [3.05, 3.63) is 57.2 Å². The number of ether oxygens (including phenoxy) is 1. The normalized spacial score (nSPS) is 15.1. The summed E-state index contributed by atoms with van der Waals surface area (Å²) in [6.07, 6.45) is 0. The molecule has 0 amide bonds. The van der Waals surface area contributed by atoms with Gasteiger partial charge in [-0.25, -0.2) is 4.79 Å². The molecular formula is C14H9ClO2S. The van der Waals surface area contributed by atoms with E-state index in [0.29, 0.717) is 17.2 Å². The van der Waals surface area contributed by atoms with Crippen LogP contribution in [0.15, 0.2) is 41.8 Å². The van der Waals surface area contributed by atoms with E-state index >= 15 is 0 Å². The van der Waals surface area contributed by atoms with Crippen LogP contribution in [0.25, 0.3) is 11.1 Å². The van der Waals surface area contributed by atoms with Crippen molar-refractivity contribution in [3.8, 4) is 0 Å². The standard InChI is InChI=1S/C14H9ClO2S/c15-10-4-1-3-9(7-10)11-8-17-14(16)13(11)12-5-2-6-18-12/h1-7H,8H2. The van der Waals surface area contributed by atoms with E-state index in [0.717, 1.165) is 16.0 Å². The highest BCUT2D eigenvalue weighted by Gasteiger charge is 2.27. The lowest BCUT2D eigenvalue weighted by Gasteiger charge is -2.03. The number of rotatable bonds is 2. The van der Waals surface area contributed by atoms with Crippen LogP contribution in [0.3, 0.4) is 0 Å². The third-order valence-electron chi connectivity index (χ3n) is 2.79. The van der Waals surface area contributed by atoms with E-state index < -0.39 is 0 Å². The predicted octanol–water partition coefficient (Wildman–Crippen LogP) is 3.87. The molecule has 2 aromatic rings. The molecular weight excluding hydrogens is 268 g/mol. The number of esters is 1. The third-order valence-corrected chi connectivity index (χ3v) is 3.92. The van der Waals surface area contributed by atoms with Gasteiger partial charge < -0.3 is 4.74 Å². The van der Waals surface area contributed by atoms with E-state index in [1.54, 1.807) is 0 Å². The second-order valence-corrected chi connectivity index (χ2v) is 5.30. The molecule has 0 spiro atoms. The molecule has 2 nitrogen and oxygen atoms in total. The van der Waals surface area contributed by atoms with Crippen molar-refractivity contribution in [2.45, 2.75) is 0 Å². The molecule has 18 heavy (non-hydrogen) atoms. The first-order valence-corrected chi connectivity index (χ1v) is 6.71. The van der Waals surface area contributed by atoms with Crippen LogP contribution in [0.2, 0.25) is 5.02 Å². The van der Waals surface area contributed by atoms with Crippen LogP contribution in [0.1, 0.15) is 10.4 Å². The Balaban J connectivity index is 2.16. The van der Waals surface area contributed by atoms with E-state index in [-0.39, 0.29) is 5.97 Å². The Morgan fingerprint density at radius 3 is 2.83 bits per heavy atom. The quantitative estimate of drug-likeness (QED) is 0.779. The van der Waals surface area contributed by atoms with Crippen LogP contribution < -0.4 is 0 Å². The highest BCUT2D eigenvalue weighted by molar-refractivity contribution is 7.11. The van der Waals surface area contributed by atoms with Gasteiger partial charge in [-0.1, -0.05) is 29.8 Å². The highest BCUT2D eigenvalue weighted by Crippen LogP contribution is 2.35. The van der Waals surface area contributed by atoms with E-state index in [9.17, 15) is 4.79 Å². The molecule has 0 unspecified atom stereocenters. The molecule has 0 radical (unpaired) electrons. The summed E-state index contributed by atoms with van der Waals surface area (Å²) in [5, 5.41) is 2.61. The van der Waals surface area contributed by atoms with Gasteiger partial charge in [-0.2, -0.15) is 0 Å². The molecule has 1 aliphatic heterocycles. The molecule has 0 atom stereocenters. The number of cyclic esters (lactones) is 1. The Kier molecular flexibility index (Phi) is 2.94. The summed E-state index contributed by atoms with van der Waals surface area (Å²) in [7, 11) is 0. The van der Waals surface area contributed by atoms with Gasteiger partial charge in [0, 0.05) is 15.5 Å². The molecule has 1 aromatic carbocycles. The first-order valence-electron chi connectivity index (χ1n) is 5.46. The summed E-state index contributed by atoms with van der Waals surface area (Å²) in [5.41, 5.74) is 2.51. The Hall–Kier alpha value is -1.58. The number of carbonyl (C=O) groups excluding carboxylic acids is 1. The van der Waals surface area contributed by atoms with Crippen LogP contribution >= 0.6 is 22.9 Å². The Morgan fingerprint density at radius 1 is 1.22 bits per heavy atom. The van der Waals surface area contributed by atoms with Crippen molar-refractivity contribution in [2.75, 3.05) is 6.61 Å². The number of thiophene rings is 1. The largest absolute Gasteiger partial charge is 0.457 e. The molecule has 1 aromatic heterocycles. The second-order valence-electron chi connectivity index (χ2n) is 3.92. The zero-order valence-electron chi connectivity index (χ0n) is 9.35. The van der Waals surface area contributed by atoms with E-state index in [1.165, 1.54) is 11.3 Å². The number of hydrogen-bond acceptors (Lipinski definition) is 3. The summed E-state index contributed by atoms with van der Waals surface area (Å²) in [4.78, 5) is 12.8. The summed E-state index contributed by atoms with van der Waals surface area (Å²) < 4.78 is 5.15. The van der Waals surface area contributed by atoms with Crippen molar-refractivity contribution in [2.24, 2.45) is 0 Å². The van der Waals surface area contributed by atoms with Crippen LogP contribution in [-0.4, -0.2) is 12.6 Å². The Morgan fingerprint density at radius 2 is 2.11 bits per heavy atom. The van der Waals surface area contributed by atoms with Gasteiger partial charge in [-0.15, -0.1) is 11.3 Å². The smallest absolute Gasteiger partial charge is 0.340 e. The Bertz CT molecular complexity index is 629. The molecule has 0 aliphatic carbocycles. The molecule has 2 heterocycles. The van der Waals surface area contributed by atoms with Crippen molar-refractivity contribution in [1.82, 2.24) is 0 Å². The summed E-state index contributed by atoms with van der Waals surface area (Å²) in [6.45, 7) is 0.312. The SMILES string of the molecule is O=C1OCC(c2cccc(Cl)c2)=C1c1cccs1. The number of carbonyl (C=O) groups is 1. The van der Waals surface area contributed by atoms with E-state index in [4.69, 9.17) is 16.3 Å². The van der Waals surface area contributed by atoms with Gasteiger partial charge in [0.1, 0.15) is 6.61 Å². The van der Waals surface area contributed by atoms with Crippen LogP contribution in [0.5, 0.6) is 0 Å². The predicted molar refractivity (Wildman–Crippen MR) is 73.5 cm³/mol. The minimum atomic E-state index is -0.257. The van der Waals surface area contributed by atoms with Crippen molar-refractivity contribution >= 4 is 40.1 Å². The summed E-state index contributed by atoms with van der Waals surface area (Å²) >= 11 is 7.52. The molecule has 0 N–H and O–H groups in total. The first-order chi connectivity index (χ1) is 8.75. The molecule has 0 saturated carbocycles. The fourth-order valence-corrected chi connectivity index (χ4v) is 2.95. The topological polar surface area (TPSA) is 26.3 Å². The van der Waals surface area contributed by atoms with Crippen molar-refractivity contribution < 1.29 is 9.53 Å². The van der Waals surface area contributed by atoms with Crippen LogP contribution in [0.4, 0.5) is 0 Å². The van der Waals surface area contributed by atoms with Crippen LogP contribution in [0, 0.1) is 0 Å². The summed E-state index contributed by atoms with van der Waals surface area (Å²) in [5.74, 6) is -0.257.